The number of rotatable bonds is 10. The number of para-hydroxylation sites is 2. The van der Waals surface area contributed by atoms with E-state index in [2.05, 4.69) is 9.80 Å². The maximum absolute atomic E-state index is 15.7. The SMILES string of the molecule is Cc1ccccc1-c1c(/C=C/C(=O)N2CCN(c3ccccc3)CC2)ccc(Sc2ccc(/C=C/C(=O)N3CCN(c4ccccc4)CC3)c(-c3ccccc3C)c2C(F)(F)F)c1C(F)(F)F. The van der Waals surface area contributed by atoms with E-state index in [0.29, 0.717) is 75.2 Å². The van der Waals surface area contributed by atoms with Gasteiger partial charge in [0.1, 0.15) is 0 Å². The molecule has 0 aromatic heterocycles. The fourth-order valence-corrected chi connectivity index (χ4v) is 9.95. The first-order chi connectivity index (χ1) is 32.2. The second kappa shape index (κ2) is 20.0. The van der Waals surface area contributed by atoms with Crippen molar-refractivity contribution in [2.75, 3.05) is 62.2 Å². The maximum atomic E-state index is 15.7. The molecule has 13 heteroatoms. The number of halogens is 6. The van der Waals surface area contributed by atoms with Gasteiger partial charge in [0.15, 0.2) is 0 Å². The number of carbonyl (C=O) groups excluding carboxylic acids is 2. The van der Waals surface area contributed by atoms with Crippen molar-refractivity contribution in [3.05, 3.63) is 179 Å². The van der Waals surface area contributed by atoms with Crippen molar-refractivity contribution in [2.45, 2.75) is 36.0 Å². The molecule has 2 amide bonds. The second-order valence-corrected chi connectivity index (χ2v) is 17.6. The van der Waals surface area contributed by atoms with Gasteiger partial charge in [0.05, 0.1) is 11.1 Å². The summed E-state index contributed by atoms with van der Waals surface area (Å²) >= 11 is 0.384. The smallest absolute Gasteiger partial charge is 0.368 e. The quantitative estimate of drug-likeness (QED) is 0.101. The summed E-state index contributed by atoms with van der Waals surface area (Å²) in [5.74, 6) is -0.731. The van der Waals surface area contributed by atoms with Crippen molar-refractivity contribution in [2.24, 2.45) is 0 Å². The molecule has 2 heterocycles. The second-order valence-electron chi connectivity index (χ2n) is 16.5. The molecule has 6 aromatic rings. The molecule has 0 unspecified atom stereocenters. The summed E-state index contributed by atoms with van der Waals surface area (Å²) < 4.78 is 94.3. The van der Waals surface area contributed by atoms with Gasteiger partial charge in [-0.1, -0.05) is 109 Å². The Morgan fingerprint density at radius 3 is 1.15 bits per heavy atom. The summed E-state index contributed by atoms with van der Waals surface area (Å²) in [7, 11) is 0. The van der Waals surface area contributed by atoms with E-state index in [9.17, 15) is 9.59 Å². The lowest BCUT2D eigenvalue weighted by Gasteiger charge is -2.35. The van der Waals surface area contributed by atoms with Gasteiger partial charge in [-0.05, 0) is 95.8 Å². The number of alkyl halides is 6. The minimum absolute atomic E-state index is 0.0884. The summed E-state index contributed by atoms with van der Waals surface area (Å²) in [6.45, 7) is 7.30. The summed E-state index contributed by atoms with van der Waals surface area (Å²) in [6, 6.07) is 37.8. The van der Waals surface area contributed by atoms with Gasteiger partial charge < -0.3 is 19.6 Å². The van der Waals surface area contributed by atoms with E-state index in [1.165, 1.54) is 48.6 Å². The molecule has 0 spiro atoms. The number of hydrogen-bond acceptors (Lipinski definition) is 5. The summed E-state index contributed by atoms with van der Waals surface area (Å²) in [5.41, 5.74) is 0.976. The van der Waals surface area contributed by atoms with E-state index in [4.69, 9.17) is 0 Å². The number of hydrogen-bond donors (Lipinski definition) is 0. The monoisotopic (exact) mass is 930 g/mol. The Balaban J connectivity index is 1.16. The van der Waals surface area contributed by atoms with Crippen LogP contribution in [0.25, 0.3) is 34.4 Å². The van der Waals surface area contributed by atoms with Crippen molar-refractivity contribution in [3.63, 3.8) is 0 Å². The summed E-state index contributed by atoms with van der Waals surface area (Å²) in [6.07, 6.45) is -4.82. The molecule has 2 aliphatic heterocycles. The lowest BCUT2D eigenvalue weighted by atomic mass is 9.90. The van der Waals surface area contributed by atoms with Gasteiger partial charge >= 0.3 is 12.4 Å². The highest BCUT2D eigenvalue weighted by atomic mass is 32.2. The maximum Gasteiger partial charge on any atom is 0.418 e. The molecular weight excluding hydrogens is 883 g/mol. The third-order valence-electron chi connectivity index (χ3n) is 12.3. The van der Waals surface area contributed by atoms with Gasteiger partial charge in [0, 0.05) is 96.8 Å². The Labute approximate surface area is 390 Å². The number of nitrogens with zero attached hydrogens (tertiary/aromatic N) is 4. The minimum atomic E-state index is -5.03. The van der Waals surface area contributed by atoms with Crippen LogP contribution in [-0.4, -0.2) is 74.0 Å². The van der Waals surface area contributed by atoms with E-state index < -0.39 is 33.3 Å². The molecule has 6 nitrogen and oxygen atoms in total. The molecule has 0 atom stereocenters. The highest BCUT2D eigenvalue weighted by Crippen LogP contribution is 2.51. The Bertz CT molecular complexity index is 2600. The largest absolute Gasteiger partial charge is 0.418 e. The van der Waals surface area contributed by atoms with Crippen molar-refractivity contribution in [3.8, 4) is 22.3 Å². The summed E-state index contributed by atoms with van der Waals surface area (Å²) in [5, 5.41) is 0. The lowest BCUT2D eigenvalue weighted by Crippen LogP contribution is -2.48. The Morgan fingerprint density at radius 1 is 0.463 bits per heavy atom. The third-order valence-corrected chi connectivity index (χ3v) is 13.4. The van der Waals surface area contributed by atoms with Crippen LogP contribution >= 0.6 is 11.8 Å². The predicted octanol–water partition coefficient (Wildman–Crippen LogP) is 12.6. The first-order valence-electron chi connectivity index (χ1n) is 22.0. The highest BCUT2D eigenvalue weighted by Gasteiger charge is 2.41. The summed E-state index contributed by atoms with van der Waals surface area (Å²) in [4.78, 5) is 33.8. The van der Waals surface area contributed by atoms with E-state index in [0.717, 1.165) is 11.4 Å². The Morgan fingerprint density at radius 2 is 0.806 bits per heavy atom. The average molecular weight is 931 g/mol. The molecule has 2 aliphatic rings. The zero-order chi connectivity index (χ0) is 47.3. The molecule has 344 valence electrons. The molecule has 0 bridgehead atoms. The van der Waals surface area contributed by atoms with Crippen molar-refractivity contribution in [1.82, 2.24) is 9.80 Å². The van der Waals surface area contributed by atoms with E-state index >= 15 is 26.3 Å². The van der Waals surface area contributed by atoms with Crippen LogP contribution in [0, 0.1) is 13.8 Å². The van der Waals surface area contributed by atoms with Crippen LogP contribution in [0.2, 0.25) is 0 Å². The van der Waals surface area contributed by atoms with Crippen molar-refractivity contribution >= 4 is 47.1 Å². The van der Waals surface area contributed by atoms with E-state index in [1.807, 2.05) is 60.7 Å². The minimum Gasteiger partial charge on any atom is -0.368 e. The normalized spacial score (nSPS) is 14.9. The number of benzene rings is 6. The molecule has 0 aliphatic carbocycles. The van der Waals surface area contributed by atoms with Crippen LogP contribution < -0.4 is 9.80 Å². The number of amides is 2. The lowest BCUT2D eigenvalue weighted by molar-refractivity contribution is -0.139. The molecule has 2 fully saturated rings. The van der Waals surface area contributed by atoms with Gasteiger partial charge in [-0.15, -0.1) is 0 Å². The molecule has 2 saturated heterocycles. The molecule has 0 radical (unpaired) electrons. The topological polar surface area (TPSA) is 47.1 Å². The van der Waals surface area contributed by atoms with Gasteiger partial charge in [0.2, 0.25) is 11.8 Å². The molecule has 0 N–H and O–H groups in total. The number of anilines is 2. The number of piperazine rings is 2. The third kappa shape index (κ3) is 10.6. The van der Waals surface area contributed by atoms with E-state index in [-0.39, 0.29) is 45.2 Å². The van der Waals surface area contributed by atoms with E-state index in [1.54, 1.807) is 72.2 Å². The Hall–Kier alpha value is -6.73. The predicted molar refractivity (Wildman–Crippen MR) is 256 cm³/mol. The van der Waals surface area contributed by atoms with Crippen LogP contribution in [0.3, 0.4) is 0 Å². The van der Waals surface area contributed by atoms with Crippen LogP contribution in [0.4, 0.5) is 37.7 Å². The van der Waals surface area contributed by atoms with Gasteiger partial charge in [0.25, 0.3) is 0 Å². The molecule has 67 heavy (non-hydrogen) atoms. The van der Waals surface area contributed by atoms with Gasteiger partial charge in [-0.2, -0.15) is 26.3 Å². The van der Waals surface area contributed by atoms with Gasteiger partial charge in [-0.25, -0.2) is 0 Å². The number of carbonyl (C=O) groups is 2. The Kier molecular flexibility index (Phi) is 14.0. The molecule has 0 saturated carbocycles. The van der Waals surface area contributed by atoms with Crippen LogP contribution in [0.15, 0.2) is 155 Å². The first-order valence-corrected chi connectivity index (χ1v) is 22.8. The van der Waals surface area contributed by atoms with Crippen LogP contribution in [0.5, 0.6) is 0 Å². The fourth-order valence-electron chi connectivity index (χ4n) is 8.80. The standard InChI is InChI=1S/C54H48F6N4O2S/c1-37-13-9-11-19-43(37)49-39(23-27-47(65)63-33-29-61(30-34-63)41-15-5-3-6-16-41)21-25-45(51(49)53(55,56)57)67-46-26-22-40(50(52(46)54(58,59)60)44-20-12-10-14-38(44)2)24-28-48(66)64-35-31-62(32-36-64)42-17-7-4-8-18-42/h3-28H,29-36H2,1-2H3/b27-23+,28-24+. The number of aryl methyl sites for hydroxylation is 2. The first kappa shape index (κ1) is 46.8. The molecule has 6 aromatic carbocycles. The van der Waals surface area contributed by atoms with Crippen LogP contribution in [-0.2, 0) is 21.9 Å². The zero-order valence-electron chi connectivity index (χ0n) is 36.9. The zero-order valence-corrected chi connectivity index (χ0v) is 37.8. The average Bonchev–Trinajstić information content (AvgIpc) is 3.33. The molecular formula is C54H48F6N4O2S. The molecule has 8 rings (SSSR count). The highest BCUT2D eigenvalue weighted by molar-refractivity contribution is 7.99. The van der Waals surface area contributed by atoms with Crippen LogP contribution in [0.1, 0.15) is 33.4 Å². The van der Waals surface area contributed by atoms with Crippen molar-refractivity contribution in [1.29, 1.82) is 0 Å². The van der Waals surface area contributed by atoms with Gasteiger partial charge in [-0.3, -0.25) is 9.59 Å². The van der Waals surface area contributed by atoms with Crippen molar-refractivity contribution < 1.29 is 35.9 Å². The fraction of sp³-hybridized carbons (Fsp3) is 0.222.